The summed E-state index contributed by atoms with van der Waals surface area (Å²) in [7, 11) is 0. The summed E-state index contributed by atoms with van der Waals surface area (Å²) in [5, 5.41) is 18.5. The molecule has 2 N–H and O–H groups in total. The molecule has 0 aromatic carbocycles. The number of likely N-dealkylation sites (tertiary alicyclic amines) is 1. The van der Waals surface area contributed by atoms with E-state index < -0.39 is 18.1 Å². The average Bonchev–Trinajstić information content (AvgIpc) is 2.77. The maximum absolute atomic E-state index is 12.1. The molecule has 7 heteroatoms. The number of aliphatic hydroxyl groups excluding tert-OH is 1. The number of carboxylic acids is 1. The number of carboxylic acid groups (broad SMARTS) is 1. The Morgan fingerprint density at radius 3 is 2.76 bits per heavy atom. The van der Waals surface area contributed by atoms with E-state index in [1.807, 2.05) is 0 Å². The van der Waals surface area contributed by atoms with Gasteiger partial charge in [-0.1, -0.05) is 0 Å². The first-order valence-corrected chi connectivity index (χ1v) is 6.79. The molecule has 2 atom stereocenters. The molecular formula is C10H16N2O4S. The molecule has 0 aromatic heterocycles. The van der Waals surface area contributed by atoms with Crippen LogP contribution >= 0.6 is 11.8 Å². The van der Waals surface area contributed by atoms with Crippen LogP contribution < -0.4 is 0 Å². The Morgan fingerprint density at radius 1 is 1.35 bits per heavy atom. The number of hydrogen-bond donors (Lipinski definition) is 2. The summed E-state index contributed by atoms with van der Waals surface area (Å²) in [5.74, 6) is -0.0965. The molecule has 17 heavy (non-hydrogen) atoms. The molecule has 2 aliphatic rings. The molecule has 2 heterocycles. The van der Waals surface area contributed by atoms with Crippen molar-refractivity contribution in [2.75, 3.05) is 24.7 Å². The van der Waals surface area contributed by atoms with E-state index in [2.05, 4.69) is 0 Å². The zero-order valence-electron chi connectivity index (χ0n) is 9.41. The molecule has 96 valence electrons. The highest BCUT2D eigenvalue weighted by Crippen LogP contribution is 2.23. The lowest BCUT2D eigenvalue weighted by molar-refractivity contribution is -0.141. The van der Waals surface area contributed by atoms with Gasteiger partial charge in [0.05, 0.1) is 12.0 Å². The summed E-state index contributed by atoms with van der Waals surface area (Å²) in [6, 6.07) is -0.993. The zero-order chi connectivity index (χ0) is 12.4. The topological polar surface area (TPSA) is 81.1 Å². The maximum Gasteiger partial charge on any atom is 0.327 e. The fraction of sp³-hybridized carbons (Fsp3) is 0.800. The molecule has 0 aliphatic carbocycles. The quantitative estimate of drug-likeness (QED) is 0.695. The van der Waals surface area contributed by atoms with Gasteiger partial charge in [0.15, 0.2) is 0 Å². The number of amides is 2. The lowest BCUT2D eigenvalue weighted by atomic mass is 10.1. The molecule has 2 fully saturated rings. The van der Waals surface area contributed by atoms with Gasteiger partial charge in [0.1, 0.15) is 6.04 Å². The predicted octanol–water partition coefficient (Wildman–Crippen LogP) is 0.0226. The van der Waals surface area contributed by atoms with Crippen molar-refractivity contribution in [3.63, 3.8) is 0 Å². The van der Waals surface area contributed by atoms with Crippen molar-refractivity contribution in [1.82, 2.24) is 9.80 Å². The van der Waals surface area contributed by atoms with Crippen LogP contribution in [0.3, 0.4) is 0 Å². The summed E-state index contributed by atoms with van der Waals surface area (Å²) in [6.45, 7) is 0.912. The third-order valence-electron chi connectivity index (χ3n) is 3.08. The Kier molecular flexibility index (Phi) is 3.78. The number of urea groups is 1. The number of carbonyl (C=O) groups excluding carboxylic acids is 1. The van der Waals surface area contributed by atoms with E-state index >= 15 is 0 Å². The van der Waals surface area contributed by atoms with E-state index in [0.29, 0.717) is 31.1 Å². The van der Waals surface area contributed by atoms with Gasteiger partial charge in [-0.2, -0.15) is 0 Å². The lowest BCUT2D eigenvalue weighted by Gasteiger charge is -2.34. The normalized spacial score (nSPS) is 29.5. The third kappa shape index (κ3) is 2.66. The van der Waals surface area contributed by atoms with Crippen LogP contribution in [-0.4, -0.2) is 68.9 Å². The van der Waals surface area contributed by atoms with Crippen molar-refractivity contribution < 1.29 is 19.8 Å². The first kappa shape index (κ1) is 12.5. The number of β-amino-alcohol motifs (C(OH)–C–C–N with tert-alkyl or cyclic N) is 1. The lowest BCUT2D eigenvalue weighted by Crippen LogP contribution is -2.52. The highest BCUT2D eigenvalue weighted by molar-refractivity contribution is 7.99. The molecule has 0 aromatic rings. The number of nitrogens with zero attached hydrogens (tertiary/aromatic N) is 2. The largest absolute Gasteiger partial charge is 0.480 e. The molecule has 0 saturated carbocycles. The summed E-state index contributed by atoms with van der Waals surface area (Å²) in [6.07, 6.45) is 0.998. The van der Waals surface area contributed by atoms with Crippen LogP contribution in [-0.2, 0) is 4.79 Å². The standard InChI is InChI=1S/C10H16N2O4S/c13-7-2-1-3-11(4-7)10(16)12-6-17-5-8(12)9(14)15/h7-8,13H,1-6H2,(H,14,15)/t7?,8-/m0/s1. The van der Waals surface area contributed by atoms with E-state index in [1.165, 1.54) is 16.7 Å². The van der Waals surface area contributed by atoms with Crippen LogP contribution in [0.1, 0.15) is 12.8 Å². The molecule has 2 saturated heterocycles. The third-order valence-corrected chi connectivity index (χ3v) is 4.09. The van der Waals surface area contributed by atoms with Gasteiger partial charge in [0, 0.05) is 18.8 Å². The Morgan fingerprint density at radius 2 is 2.12 bits per heavy atom. The Hall–Kier alpha value is -0.950. The number of aliphatic carboxylic acids is 1. The number of hydrogen-bond acceptors (Lipinski definition) is 4. The minimum Gasteiger partial charge on any atom is -0.480 e. The minimum atomic E-state index is -0.957. The molecule has 6 nitrogen and oxygen atoms in total. The van der Waals surface area contributed by atoms with Gasteiger partial charge < -0.3 is 20.0 Å². The number of carbonyl (C=O) groups is 2. The van der Waals surface area contributed by atoms with Crippen molar-refractivity contribution >= 4 is 23.8 Å². The molecule has 2 rings (SSSR count). The summed E-state index contributed by atoms with van der Waals surface area (Å²) in [5.41, 5.74) is 0. The highest BCUT2D eigenvalue weighted by Gasteiger charge is 2.37. The van der Waals surface area contributed by atoms with Gasteiger partial charge in [0.25, 0.3) is 0 Å². The summed E-state index contributed by atoms with van der Waals surface area (Å²) >= 11 is 1.45. The number of aliphatic hydroxyl groups is 1. The molecule has 0 bridgehead atoms. The number of thioether (sulfide) groups is 1. The van der Waals surface area contributed by atoms with Crippen LogP contribution in [0, 0.1) is 0 Å². The first-order chi connectivity index (χ1) is 8.09. The van der Waals surface area contributed by atoms with Gasteiger partial charge in [-0.05, 0) is 12.8 Å². The summed E-state index contributed by atoms with van der Waals surface area (Å²) < 4.78 is 0. The van der Waals surface area contributed by atoms with E-state index in [-0.39, 0.29) is 6.03 Å². The van der Waals surface area contributed by atoms with Gasteiger partial charge in [-0.3, -0.25) is 0 Å². The summed E-state index contributed by atoms with van der Waals surface area (Å²) in [4.78, 5) is 26.0. The fourth-order valence-corrected chi connectivity index (χ4v) is 3.28. The van der Waals surface area contributed by atoms with Crippen LogP contribution in [0.5, 0.6) is 0 Å². The van der Waals surface area contributed by atoms with Gasteiger partial charge in [-0.25, -0.2) is 9.59 Å². The van der Waals surface area contributed by atoms with E-state index in [9.17, 15) is 14.7 Å². The maximum atomic E-state index is 12.1. The molecule has 2 aliphatic heterocycles. The fourth-order valence-electron chi connectivity index (χ4n) is 2.15. The molecule has 0 radical (unpaired) electrons. The van der Waals surface area contributed by atoms with E-state index in [4.69, 9.17) is 5.11 Å². The monoisotopic (exact) mass is 260 g/mol. The Labute approximate surface area is 104 Å². The van der Waals surface area contributed by atoms with E-state index in [0.717, 1.165) is 6.42 Å². The van der Waals surface area contributed by atoms with Crippen molar-refractivity contribution in [2.45, 2.75) is 25.0 Å². The Balaban J connectivity index is 2.01. The second kappa shape index (κ2) is 5.14. The SMILES string of the molecule is O=C(O)[C@@H]1CSCN1C(=O)N1CCCC(O)C1. The predicted molar refractivity (Wildman–Crippen MR) is 62.8 cm³/mol. The van der Waals surface area contributed by atoms with Gasteiger partial charge in [-0.15, -0.1) is 11.8 Å². The molecule has 0 spiro atoms. The van der Waals surface area contributed by atoms with E-state index in [1.54, 1.807) is 4.90 Å². The molecular weight excluding hydrogens is 244 g/mol. The van der Waals surface area contributed by atoms with Crippen molar-refractivity contribution in [3.8, 4) is 0 Å². The van der Waals surface area contributed by atoms with Crippen LogP contribution in [0.2, 0.25) is 0 Å². The number of rotatable bonds is 1. The average molecular weight is 260 g/mol. The second-order valence-corrected chi connectivity index (χ2v) is 5.35. The van der Waals surface area contributed by atoms with Crippen LogP contribution in [0.25, 0.3) is 0 Å². The zero-order valence-corrected chi connectivity index (χ0v) is 10.2. The van der Waals surface area contributed by atoms with Crippen molar-refractivity contribution in [3.05, 3.63) is 0 Å². The highest BCUT2D eigenvalue weighted by atomic mass is 32.2. The number of piperidine rings is 1. The molecule has 1 unspecified atom stereocenters. The minimum absolute atomic E-state index is 0.263. The van der Waals surface area contributed by atoms with Crippen molar-refractivity contribution in [2.24, 2.45) is 0 Å². The first-order valence-electron chi connectivity index (χ1n) is 5.63. The van der Waals surface area contributed by atoms with Gasteiger partial charge in [0.2, 0.25) is 0 Å². The second-order valence-electron chi connectivity index (χ2n) is 4.35. The van der Waals surface area contributed by atoms with Crippen molar-refractivity contribution in [1.29, 1.82) is 0 Å². The smallest absolute Gasteiger partial charge is 0.327 e. The molecule has 2 amide bonds. The van der Waals surface area contributed by atoms with Gasteiger partial charge >= 0.3 is 12.0 Å². The van der Waals surface area contributed by atoms with Crippen LogP contribution in [0.4, 0.5) is 4.79 Å². The van der Waals surface area contributed by atoms with Crippen LogP contribution in [0.15, 0.2) is 0 Å². The Bertz CT molecular complexity index is 325.